The molecule has 0 bridgehead atoms. The number of hydrogen-bond acceptors (Lipinski definition) is 6. The molecule has 1 aromatic carbocycles. The molecule has 1 aromatic rings. The van der Waals surface area contributed by atoms with E-state index in [0.717, 1.165) is 32.1 Å². The van der Waals surface area contributed by atoms with Crippen molar-refractivity contribution in [1.82, 2.24) is 0 Å². The van der Waals surface area contributed by atoms with Gasteiger partial charge in [-0.15, -0.1) is 0 Å². The van der Waals surface area contributed by atoms with Gasteiger partial charge < -0.3 is 20.4 Å². The Morgan fingerprint density at radius 2 is 1.59 bits per heavy atom. The van der Waals surface area contributed by atoms with E-state index in [1.807, 2.05) is 20.8 Å². The van der Waals surface area contributed by atoms with E-state index >= 15 is 0 Å². The van der Waals surface area contributed by atoms with Gasteiger partial charge in [0.1, 0.15) is 17.2 Å². The van der Waals surface area contributed by atoms with Crippen LogP contribution in [-0.4, -0.2) is 38.6 Å². The molecule has 2 saturated carbocycles. The molecule has 4 N–H and O–H groups in total. The van der Waals surface area contributed by atoms with Crippen LogP contribution in [0.25, 0.3) is 0 Å². The smallest absolute Gasteiger partial charge is 0.157 e. The molecular formula is C26H38O6. The molecule has 2 unspecified atom stereocenters. The summed E-state index contributed by atoms with van der Waals surface area (Å²) < 4.78 is 0. The van der Waals surface area contributed by atoms with E-state index in [-0.39, 0.29) is 39.9 Å². The summed E-state index contributed by atoms with van der Waals surface area (Å²) in [5, 5.41) is 42.6. The third-order valence-corrected chi connectivity index (χ3v) is 8.95. The minimum atomic E-state index is -0.733. The van der Waals surface area contributed by atoms with E-state index in [0.29, 0.717) is 30.8 Å². The molecule has 2 aliphatic carbocycles. The van der Waals surface area contributed by atoms with E-state index in [9.17, 15) is 30.0 Å². The Kier molecular flexibility index (Phi) is 6.67. The summed E-state index contributed by atoms with van der Waals surface area (Å²) in [5.41, 5.74) is -1.31. The molecule has 0 spiro atoms. The second kappa shape index (κ2) is 8.69. The van der Waals surface area contributed by atoms with Crippen LogP contribution in [0.3, 0.4) is 0 Å². The summed E-state index contributed by atoms with van der Waals surface area (Å²) in [7, 11) is 0. The molecule has 3 rings (SSSR count). The summed E-state index contributed by atoms with van der Waals surface area (Å²) in [6.07, 6.45) is 5.94. The number of fused-ring (bicyclic) bond motifs is 1. The van der Waals surface area contributed by atoms with Crippen LogP contribution in [0.5, 0.6) is 17.2 Å². The fraction of sp³-hybridized carbons (Fsp3) is 0.692. The van der Waals surface area contributed by atoms with Gasteiger partial charge in [-0.2, -0.15) is 0 Å². The Morgan fingerprint density at radius 3 is 2.06 bits per heavy atom. The Morgan fingerprint density at radius 1 is 1.03 bits per heavy atom. The van der Waals surface area contributed by atoms with E-state index in [2.05, 4.69) is 13.8 Å². The lowest BCUT2D eigenvalue weighted by Crippen LogP contribution is -2.51. The van der Waals surface area contributed by atoms with Gasteiger partial charge in [-0.3, -0.25) is 9.59 Å². The first-order chi connectivity index (χ1) is 14.9. The molecule has 6 nitrogen and oxygen atoms in total. The standard InChI is InChI=1S/C26H38O6/c1-6-16(21-23(30)17(12-27)22(29)18(13-28)24(21)31)19-8-7-14(2)20-11-15(25(3,4)32)9-10-26(19,20)5/h12-16,19-20,29-32H,6-11H2,1-5H3/t14-,15+,16?,19-,20?,26-/m0/s1. The molecule has 178 valence electrons. The lowest BCUT2D eigenvalue weighted by Gasteiger charge is -2.58. The summed E-state index contributed by atoms with van der Waals surface area (Å²) in [6.45, 7) is 10.3. The first-order valence-corrected chi connectivity index (χ1v) is 11.9. The molecule has 2 aliphatic rings. The maximum Gasteiger partial charge on any atom is 0.157 e. The lowest BCUT2D eigenvalue weighted by atomic mass is 9.47. The number of rotatable bonds is 6. The molecule has 32 heavy (non-hydrogen) atoms. The Labute approximate surface area is 190 Å². The molecule has 0 aliphatic heterocycles. The predicted octanol–water partition coefficient (Wildman–Crippen LogP) is 5.16. The van der Waals surface area contributed by atoms with Gasteiger partial charge in [0.15, 0.2) is 12.6 Å². The zero-order valence-electron chi connectivity index (χ0n) is 19.9. The van der Waals surface area contributed by atoms with Crippen molar-refractivity contribution in [2.75, 3.05) is 0 Å². The van der Waals surface area contributed by atoms with Gasteiger partial charge in [0, 0.05) is 5.56 Å². The molecular weight excluding hydrogens is 408 g/mol. The van der Waals surface area contributed by atoms with Crippen LogP contribution in [0.1, 0.15) is 105 Å². The van der Waals surface area contributed by atoms with Crippen molar-refractivity contribution in [2.24, 2.45) is 29.1 Å². The van der Waals surface area contributed by atoms with Crippen molar-refractivity contribution in [2.45, 2.75) is 84.7 Å². The van der Waals surface area contributed by atoms with Crippen molar-refractivity contribution in [3.8, 4) is 17.2 Å². The van der Waals surface area contributed by atoms with E-state index in [4.69, 9.17) is 0 Å². The SMILES string of the molecule is CCC(c1c(O)c(C=O)c(O)c(C=O)c1O)[C@@H]1CC[C@H](C)C2C[C@H](C(C)(C)O)CC[C@]21C. The van der Waals surface area contributed by atoms with Gasteiger partial charge in [0.05, 0.1) is 16.7 Å². The van der Waals surface area contributed by atoms with Crippen molar-refractivity contribution < 1.29 is 30.0 Å². The fourth-order valence-electron chi connectivity index (χ4n) is 7.02. The minimum Gasteiger partial charge on any atom is -0.507 e. The van der Waals surface area contributed by atoms with Gasteiger partial charge in [0.2, 0.25) is 0 Å². The second-order valence-corrected chi connectivity index (χ2v) is 10.9. The highest BCUT2D eigenvalue weighted by Crippen LogP contribution is 2.62. The van der Waals surface area contributed by atoms with E-state index in [1.165, 1.54) is 0 Å². The maximum absolute atomic E-state index is 11.6. The summed E-state index contributed by atoms with van der Waals surface area (Å²) in [6, 6.07) is 0. The monoisotopic (exact) mass is 446 g/mol. The normalized spacial score (nSPS) is 31.6. The summed E-state index contributed by atoms with van der Waals surface area (Å²) in [5.74, 6) is -0.595. The van der Waals surface area contributed by atoms with Gasteiger partial charge >= 0.3 is 0 Å². The number of phenols is 3. The number of aromatic hydroxyl groups is 3. The highest BCUT2D eigenvalue weighted by Gasteiger charge is 2.54. The lowest BCUT2D eigenvalue weighted by molar-refractivity contribution is -0.0999. The van der Waals surface area contributed by atoms with Crippen LogP contribution in [0.4, 0.5) is 0 Å². The Hall–Kier alpha value is -2.08. The fourth-order valence-corrected chi connectivity index (χ4v) is 7.02. The average Bonchev–Trinajstić information content (AvgIpc) is 2.71. The number of phenolic OH excluding ortho intramolecular Hbond substituents is 3. The molecule has 6 atom stereocenters. The molecule has 0 radical (unpaired) electrons. The van der Waals surface area contributed by atoms with E-state index < -0.39 is 22.8 Å². The van der Waals surface area contributed by atoms with Crippen LogP contribution in [0, 0.1) is 29.1 Å². The zero-order chi connectivity index (χ0) is 24.0. The van der Waals surface area contributed by atoms with Crippen molar-refractivity contribution in [3.05, 3.63) is 16.7 Å². The van der Waals surface area contributed by atoms with Crippen LogP contribution in [0.15, 0.2) is 0 Å². The highest BCUT2D eigenvalue weighted by molar-refractivity contribution is 5.94. The second-order valence-electron chi connectivity index (χ2n) is 10.9. The first kappa shape index (κ1) is 24.6. The maximum atomic E-state index is 11.6. The van der Waals surface area contributed by atoms with Crippen molar-refractivity contribution in [1.29, 1.82) is 0 Å². The topological polar surface area (TPSA) is 115 Å². The molecule has 0 saturated heterocycles. The third-order valence-electron chi connectivity index (χ3n) is 8.95. The van der Waals surface area contributed by atoms with Crippen LogP contribution >= 0.6 is 0 Å². The molecule has 0 amide bonds. The van der Waals surface area contributed by atoms with Gasteiger partial charge in [-0.25, -0.2) is 0 Å². The number of hydrogen-bond donors (Lipinski definition) is 4. The summed E-state index contributed by atoms with van der Waals surface area (Å²) >= 11 is 0. The number of aldehydes is 2. The van der Waals surface area contributed by atoms with Crippen molar-refractivity contribution >= 4 is 12.6 Å². The van der Waals surface area contributed by atoms with Crippen LogP contribution < -0.4 is 0 Å². The average molecular weight is 447 g/mol. The molecule has 0 heterocycles. The Balaban J connectivity index is 2.11. The van der Waals surface area contributed by atoms with E-state index in [1.54, 1.807) is 0 Å². The van der Waals surface area contributed by atoms with Crippen molar-refractivity contribution in [3.63, 3.8) is 0 Å². The molecule has 2 fully saturated rings. The Bertz CT molecular complexity index is 850. The van der Waals surface area contributed by atoms with Gasteiger partial charge in [-0.05, 0) is 81.0 Å². The quantitative estimate of drug-likeness (QED) is 0.449. The summed E-state index contributed by atoms with van der Waals surface area (Å²) in [4.78, 5) is 23.2. The number of aliphatic hydroxyl groups is 1. The number of carbonyl (C=O) groups excluding carboxylic acids is 2. The van der Waals surface area contributed by atoms with Gasteiger partial charge in [0.25, 0.3) is 0 Å². The molecule has 0 aromatic heterocycles. The number of benzene rings is 1. The predicted molar refractivity (Wildman–Crippen MR) is 122 cm³/mol. The highest BCUT2D eigenvalue weighted by atomic mass is 16.3. The van der Waals surface area contributed by atoms with Crippen LogP contribution in [-0.2, 0) is 0 Å². The largest absolute Gasteiger partial charge is 0.507 e. The third kappa shape index (κ3) is 3.81. The zero-order valence-corrected chi connectivity index (χ0v) is 19.9. The minimum absolute atomic E-state index is 0.0699. The van der Waals surface area contributed by atoms with Crippen LogP contribution in [0.2, 0.25) is 0 Å². The number of carbonyl (C=O) groups is 2. The van der Waals surface area contributed by atoms with Gasteiger partial charge in [-0.1, -0.05) is 27.2 Å². The first-order valence-electron chi connectivity index (χ1n) is 11.9. The molecule has 6 heteroatoms.